The number of carbonyl (C=O) groups is 1. The summed E-state index contributed by atoms with van der Waals surface area (Å²) in [5.41, 5.74) is 0.679. The number of nitrogens with zero attached hydrogens (tertiary/aromatic N) is 4. The molecule has 1 atom stereocenters. The second kappa shape index (κ2) is 8.22. The number of aromatic nitrogens is 2. The van der Waals surface area contributed by atoms with Crippen LogP contribution in [0.4, 0.5) is 4.39 Å². The van der Waals surface area contributed by atoms with Gasteiger partial charge in [-0.3, -0.25) is 14.4 Å². The highest BCUT2D eigenvalue weighted by Gasteiger charge is 2.31. The molecule has 3 rings (SSSR count). The van der Waals surface area contributed by atoms with Crippen LogP contribution in [0.5, 0.6) is 0 Å². The molecule has 25 heavy (non-hydrogen) atoms. The van der Waals surface area contributed by atoms with Gasteiger partial charge < -0.3 is 9.64 Å². The van der Waals surface area contributed by atoms with Gasteiger partial charge >= 0.3 is 0 Å². The molecule has 2 heterocycles. The fraction of sp³-hybridized carbons (Fsp3) is 0.444. The van der Waals surface area contributed by atoms with E-state index in [2.05, 4.69) is 10.00 Å². The molecule has 6 nitrogen and oxygen atoms in total. The van der Waals surface area contributed by atoms with Gasteiger partial charge in [0.15, 0.2) is 0 Å². The zero-order chi connectivity index (χ0) is 17.6. The van der Waals surface area contributed by atoms with Crippen molar-refractivity contribution in [3.8, 4) is 0 Å². The molecule has 134 valence electrons. The molecule has 1 aromatic carbocycles. The Morgan fingerprint density at radius 2 is 2.16 bits per heavy atom. The minimum absolute atomic E-state index is 0.0420. The summed E-state index contributed by atoms with van der Waals surface area (Å²) in [6.07, 6.45) is 3.58. The summed E-state index contributed by atoms with van der Waals surface area (Å²) < 4.78 is 20.9. The fourth-order valence-corrected chi connectivity index (χ4v) is 3.03. The lowest BCUT2D eigenvalue weighted by molar-refractivity contribution is -0.138. The topological polar surface area (TPSA) is 50.6 Å². The van der Waals surface area contributed by atoms with Crippen LogP contribution in [0.1, 0.15) is 11.6 Å². The van der Waals surface area contributed by atoms with Gasteiger partial charge in [-0.15, -0.1) is 0 Å². The smallest absolute Gasteiger partial charge is 0.244 e. The van der Waals surface area contributed by atoms with E-state index in [-0.39, 0.29) is 11.7 Å². The standard InChI is InChI=1S/C18H23FN4O2/c1-21(8-9-23-7-3-6-20-23)18(24)17(22-10-12-25-13-11-22)15-4-2-5-16(19)14-15/h2-7,14,17H,8-13H2,1H3/t17-/m0/s1. The highest BCUT2D eigenvalue weighted by Crippen LogP contribution is 2.24. The minimum Gasteiger partial charge on any atom is -0.379 e. The van der Waals surface area contributed by atoms with Gasteiger partial charge in [-0.1, -0.05) is 12.1 Å². The van der Waals surface area contributed by atoms with Crippen molar-refractivity contribution in [2.45, 2.75) is 12.6 Å². The largest absolute Gasteiger partial charge is 0.379 e. The number of rotatable bonds is 6. The molecule has 0 radical (unpaired) electrons. The third-order valence-electron chi connectivity index (χ3n) is 4.41. The number of amides is 1. The van der Waals surface area contributed by atoms with Crippen molar-refractivity contribution in [1.82, 2.24) is 19.6 Å². The van der Waals surface area contributed by atoms with Crippen molar-refractivity contribution in [3.05, 3.63) is 54.1 Å². The van der Waals surface area contributed by atoms with Crippen molar-refractivity contribution in [2.24, 2.45) is 0 Å². The number of morpholine rings is 1. The second-order valence-corrected chi connectivity index (χ2v) is 6.13. The first-order valence-electron chi connectivity index (χ1n) is 8.45. The van der Waals surface area contributed by atoms with Gasteiger partial charge in [-0.05, 0) is 23.8 Å². The molecule has 1 aliphatic rings. The lowest BCUT2D eigenvalue weighted by Crippen LogP contribution is -2.46. The maximum Gasteiger partial charge on any atom is 0.244 e. The lowest BCUT2D eigenvalue weighted by Gasteiger charge is -2.36. The Bertz CT molecular complexity index is 686. The molecule has 1 amide bonds. The predicted molar refractivity (Wildman–Crippen MR) is 91.4 cm³/mol. The fourth-order valence-electron chi connectivity index (χ4n) is 3.03. The summed E-state index contributed by atoms with van der Waals surface area (Å²) in [5.74, 6) is -0.373. The van der Waals surface area contributed by atoms with Crippen LogP contribution in [0.15, 0.2) is 42.7 Å². The van der Waals surface area contributed by atoms with Crippen molar-refractivity contribution >= 4 is 5.91 Å². The molecule has 1 fully saturated rings. The van der Waals surface area contributed by atoms with Gasteiger partial charge in [0.1, 0.15) is 11.9 Å². The van der Waals surface area contributed by atoms with Crippen LogP contribution < -0.4 is 0 Å². The average molecular weight is 346 g/mol. The molecular formula is C18H23FN4O2. The highest BCUT2D eigenvalue weighted by molar-refractivity contribution is 5.83. The quantitative estimate of drug-likeness (QED) is 0.796. The molecule has 1 aliphatic heterocycles. The number of ether oxygens (including phenoxy) is 1. The maximum atomic E-state index is 13.7. The van der Waals surface area contributed by atoms with Crippen LogP contribution in [0.2, 0.25) is 0 Å². The molecular weight excluding hydrogens is 323 g/mol. The van der Waals surface area contributed by atoms with Gasteiger partial charge in [0, 0.05) is 39.1 Å². The zero-order valence-electron chi connectivity index (χ0n) is 14.3. The van der Waals surface area contributed by atoms with Crippen molar-refractivity contribution in [2.75, 3.05) is 39.9 Å². The molecule has 0 saturated carbocycles. The number of benzene rings is 1. The molecule has 0 N–H and O–H groups in total. The SMILES string of the molecule is CN(CCn1cccn1)C(=O)[C@H](c1cccc(F)c1)N1CCOCC1. The van der Waals surface area contributed by atoms with Crippen LogP contribution in [0, 0.1) is 5.82 Å². The Morgan fingerprint density at radius 3 is 2.84 bits per heavy atom. The molecule has 1 saturated heterocycles. The van der Waals surface area contributed by atoms with E-state index in [4.69, 9.17) is 4.74 Å². The minimum atomic E-state index is -0.498. The van der Waals surface area contributed by atoms with E-state index >= 15 is 0 Å². The molecule has 0 aliphatic carbocycles. The number of hydrogen-bond acceptors (Lipinski definition) is 4. The van der Waals surface area contributed by atoms with Crippen LogP contribution in [-0.2, 0) is 16.1 Å². The van der Waals surface area contributed by atoms with Gasteiger partial charge in [0.2, 0.25) is 5.91 Å². The first-order chi connectivity index (χ1) is 12.1. The summed E-state index contributed by atoms with van der Waals surface area (Å²) in [6, 6.07) is 7.65. The molecule has 0 bridgehead atoms. The van der Waals surface area contributed by atoms with Crippen molar-refractivity contribution in [1.29, 1.82) is 0 Å². The first-order valence-corrected chi connectivity index (χ1v) is 8.45. The molecule has 2 aromatic rings. The third-order valence-corrected chi connectivity index (χ3v) is 4.41. The van der Waals surface area contributed by atoms with Crippen molar-refractivity contribution in [3.63, 3.8) is 0 Å². The van der Waals surface area contributed by atoms with Gasteiger partial charge in [0.05, 0.1) is 19.8 Å². The van der Waals surface area contributed by atoms with E-state index in [0.717, 1.165) is 0 Å². The molecule has 1 aromatic heterocycles. The van der Waals surface area contributed by atoms with E-state index in [1.54, 1.807) is 28.9 Å². The number of halogens is 1. The lowest BCUT2D eigenvalue weighted by atomic mass is 10.0. The number of likely N-dealkylation sites (N-methyl/N-ethyl adjacent to an activating group) is 1. The second-order valence-electron chi connectivity index (χ2n) is 6.13. The molecule has 0 unspecified atom stereocenters. The first kappa shape index (κ1) is 17.6. The van der Waals surface area contributed by atoms with E-state index < -0.39 is 6.04 Å². The van der Waals surface area contributed by atoms with Gasteiger partial charge in [-0.2, -0.15) is 5.10 Å². The Kier molecular flexibility index (Phi) is 5.78. The van der Waals surface area contributed by atoms with Gasteiger partial charge in [-0.25, -0.2) is 4.39 Å². The van der Waals surface area contributed by atoms with Crippen molar-refractivity contribution < 1.29 is 13.9 Å². The Morgan fingerprint density at radius 1 is 1.36 bits per heavy atom. The van der Waals surface area contributed by atoms with Crippen LogP contribution >= 0.6 is 0 Å². The van der Waals surface area contributed by atoms with Crippen LogP contribution in [-0.4, -0.2) is 65.4 Å². The Balaban J connectivity index is 1.76. The van der Waals surface area contributed by atoms with Crippen LogP contribution in [0.25, 0.3) is 0 Å². The Labute approximate surface area is 146 Å². The zero-order valence-corrected chi connectivity index (χ0v) is 14.3. The summed E-state index contributed by atoms with van der Waals surface area (Å²) in [5, 5.41) is 4.15. The molecule has 7 heteroatoms. The molecule has 0 spiro atoms. The maximum absolute atomic E-state index is 13.7. The summed E-state index contributed by atoms with van der Waals surface area (Å²) in [6.45, 7) is 3.62. The van der Waals surface area contributed by atoms with E-state index in [1.807, 2.05) is 18.3 Å². The summed E-state index contributed by atoms with van der Waals surface area (Å²) in [4.78, 5) is 16.9. The number of carbonyl (C=O) groups excluding carboxylic acids is 1. The van der Waals surface area contributed by atoms with Gasteiger partial charge in [0.25, 0.3) is 0 Å². The van der Waals surface area contributed by atoms with E-state index in [0.29, 0.717) is 45.0 Å². The highest BCUT2D eigenvalue weighted by atomic mass is 19.1. The van der Waals surface area contributed by atoms with Crippen LogP contribution in [0.3, 0.4) is 0 Å². The summed E-state index contributed by atoms with van der Waals surface area (Å²) in [7, 11) is 1.78. The monoisotopic (exact) mass is 346 g/mol. The third kappa shape index (κ3) is 4.43. The number of hydrogen-bond donors (Lipinski definition) is 0. The van der Waals surface area contributed by atoms with E-state index in [9.17, 15) is 9.18 Å². The average Bonchev–Trinajstić information content (AvgIpc) is 3.14. The normalized spacial score (nSPS) is 16.6. The Hall–Kier alpha value is -2.25. The predicted octanol–water partition coefficient (Wildman–Crippen LogP) is 1.55. The summed E-state index contributed by atoms with van der Waals surface area (Å²) >= 11 is 0. The van der Waals surface area contributed by atoms with E-state index in [1.165, 1.54) is 12.1 Å².